The SMILES string of the molecule is CC(C)CCn1c(=O)c2sccc2n(CC(=O)Nc2ccc(Cl)cc2F)c1=O. The van der Waals surface area contributed by atoms with Crippen LogP contribution >= 0.6 is 22.9 Å². The lowest BCUT2D eigenvalue weighted by molar-refractivity contribution is -0.116. The first-order chi connectivity index (χ1) is 13.3. The molecule has 1 amide bonds. The zero-order chi connectivity index (χ0) is 20.4. The van der Waals surface area contributed by atoms with Crippen LogP contribution in [0.5, 0.6) is 0 Å². The van der Waals surface area contributed by atoms with Gasteiger partial charge < -0.3 is 5.32 Å². The summed E-state index contributed by atoms with van der Waals surface area (Å²) in [4.78, 5) is 37.9. The van der Waals surface area contributed by atoms with Crippen molar-refractivity contribution in [3.8, 4) is 0 Å². The molecule has 0 unspecified atom stereocenters. The highest BCUT2D eigenvalue weighted by Gasteiger charge is 2.17. The standard InChI is InChI=1S/C19H19ClFN3O3S/c1-11(2)5-7-23-18(26)17-15(6-8-28-17)24(19(23)27)10-16(25)22-14-4-3-12(20)9-13(14)21/h3-4,6,8-9,11H,5,7,10H2,1-2H3,(H,22,25). The molecule has 0 aliphatic heterocycles. The Labute approximate surface area is 169 Å². The summed E-state index contributed by atoms with van der Waals surface area (Å²) in [6.45, 7) is 3.94. The lowest BCUT2D eigenvalue weighted by atomic mass is 10.1. The Balaban J connectivity index is 1.95. The van der Waals surface area contributed by atoms with E-state index in [0.29, 0.717) is 22.6 Å². The maximum absolute atomic E-state index is 13.9. The van der Waals surface area contributed by atoms with Gasteiger partial charge in [0.2, 0.25) is 5.91 Å². The number of rotatable bonds is 6. The van der Waals surface area contributed by atoms with Crippen LogP contribution in [0.2, 0.25) is 5.02 Å². The minimum Gasteiger partial charge on any atom is -0.322 e. The number of fused-ring (bicyclic) bond motifs is 1. The van der Waals surface area contributed by atoms with Crippen LogP contribution in [-0.2, 0) is 17.9 Å². The fourth-order valence-corrected chi connectivity index (χ4v) is 3.80. The molecule has 0 aliphatic rings. The molecule has 3 rings (SSSR count). The van der Waals surface area contributed by atoms with E-state index in [0.717, 1.165) is 10.6 Å². The van der Waals surface area contributed by atoms with Gasteiger partial charge in [-0.25, -0.2) is 9.18 Å². The van der Waals surface area contributed by atoms with Crippen molar-refractivity contribution in [2.75, 3.05) is 5.32 Å². The molecule has 3 aromatic rings. The van der Waals surface area contributed by atoms with E-state index in [1.807, 2.05) is 13.8 Å². The molecule has 1 N–H and O–H groups in total. The predicted molar refractivity (Wildman–Crippen MR) is 110 cm³/mol. The van der Waals surface area contributed by atoms with Gasteiger partial charge >= 0.3 is 5.69 Å². The Kier molecular flexibility index (Phi) is 6.00. The minimum atomic E-state index is -0.671. The second-order valence-electron chi connectivity index (χ2n) is 6.82. The summed E-state index contributed by atoms with van der Waals surface area (Å²) in [5, 5.41) is 4.35. The number of anilines is 1. The first-order valence-corrected chi connectivity index (χ1v) is 9.99. The fraction of sp³-hybridized carbons (Fsp3) is 0.316. The van der Waals surface area contributed by atoms with Crippen molar-refractivity contribution >= 4 is 44.7 Å². The largest absolute Gasteiger partial charge is 0.332 e. The van der Waals surface area contributed by atoms with Gasteiger partial charge in [-0.2, -0.15) is 0 Å². The van der Waals surface area contributed by atoms with Gasteiger partial charge in [0, 0.05) is 11.6 Å². The van der Waals surface area contributed by atoms with E-state index < -0.39 is 17.4 Å². The van der Waals surface area contributed by atoms with Gasteiger partial charge in [0.25, 0.3) is 5.56 Å². The van der Waals surface area contributed by atoms with Gasteiger partial charge in [-0.15, -0.1) is 11.3 Å². The van der Waals surface area contributed by atoms with Crippen molar-refractivity contribution in [1.29, 1.82) is 0 Å². The number of aromatic nitrogens is 2. The molecule has 0 spiro atoms. The number of carbonyl (C=O) groups is 1. The number of nitrogens with one attached hydrogen (secondary N) is 1. The van der Waals surface area contributed by atoms with Crippen LogP contribution in [0.15, 0.2) is 39.2 Å². The molecule has 0 fully saturated rings. The van der Waals surface area contributed by atoms with Gasteiger partial charge in [-0.3, -0.25) is 18.7 Å². The Morgan fingerprint density at radius 1 is 1.25 bits per heavy atom. The number of halogens is 2. The highest BCUT2D eigenvalue weighted by molar-refractivity contribution is 7.17. The maximum atomic E-state index is 13.9. The number of hydrogen-bond acceptors (Lipinski definition) is 4. The molecule has 0 aliphatic carbocycles. The van der Waals surface area contributed by atoms with Gasteiger partial charge in [0.15, 0.2) is 0 Å². The van der Waals surface area contributed by atoms with Crippen molar-refractivity contribution in [2.45, 2.75) is 33.4 Å². The first-order valence-electron chi connectivity index (χ1n) is 8.73. The van der Waals surface area contributed by atoms with E-state index in [1.165, 1.54) is 28.0 Å². The van der Waals surface area contributed by atoms with Crippen molar-refractivity contribution in [3.63, 3.8) is 0 Å². The van der Waals surface area contributed by atoms with Crippen LogP contribution in [0.1, 0.15) is 20.3 Å². The third-order valence-corrected chi connectivity index (χ3v) is 5.40. The topological polar surface area (TPSA) is 73.1 Å². The summed E-state index contributed by atoms with van der Waals surface area (Å²) in [5.41, 5.74) is -0.538. The fourth-order valence-electron chi connectivity index (χ4n) is 2.79. The number of hydrogen-bond donors (Lipinski definition) is 1. The zero-order valence-electron chi connectivity index (χ0n) is 15.4. The van der Waals surface area contributed by atoms with E-state index in [-0.39, 0.29) is 29.4 Å². The molecule has 1 aromatic carbocycles. The highest BCUT2D eigenvalue weighted by atomic mass is 35.5. The number of benzene rings is 1. The van der Waals surface area contributed by atoms with Crippen molar-refractivity contribution in [3.05, 3.63) is 61.3 Å². The second-order valence-corrected chi connectivity index (χ2v) is 8.17. The molecule has 6 nitrogen and oxygen atoms in total. The normalized spacial score (nSPS) is 11.3. The average molecular weight is 424 g/mol. The molecule has 0 saturated carbocycles. The lowest BCUT2D eigenvalue weighted by Crippen LogP contribution is -2.41. The molecular formula is C19H19ClFN3O3S. The Bertz CT molecular complexity index is 1150. The Morgan fingerprint density at radius 2 is 2.00 bits per heavy atom. The van der Waals surface area contributed by atoms with E-state index in [9.17, 15) is 18.8 Å². The Hall–Kier alpha value is -2.45. The summed E-state index contributed by atoms with van der Waals surface area (Å²) in [5.74, 6) is -0.935. The van der Waals surface area contributed by atoms with E-state index >= 15 is 0 Å². The van der Waals surface area contributed by atoms with Crippen molar-refractivity contribution in [1.82, 2.24) is 9.13 Å². The van der Waals surface area contributed by atoms with Gasteiger partial charge in [0.1, 0.15) is 17.1 Å². The number of carbonyl (C=O) groups excluding carboxylic acids is 1. The van der Waals surface area contributed by atoms with Gasteiger partial charge in [0.05, 0.1) is 11.2 Å². The first kappa shape index (κ1) is 20.3. The maximum Gasteiger partial charge on any atom is 0.332 e. The van der Waals surface area contributed by atoms with Crippen molar-refractivity contribution in [2.24, 2.45) is 5.92 Å². The lowest BCUT2D eigenvalue weighted by Gasteiger charge is -2.13. The summed E-state index contributed by atoms with van der Waals surface area (Å²) >= 11 is 6.93. The summed E-state index contributed by atoms with van der Waals surface area (Å²) < 4.78 is 16.7. The van der Waals surface area contributed by atoms with Crippen LogP contribution in [-0.4, -0.2) is 15.0 Å². The summed E-state index contributed by atoms with van der Waals surface area (Å²) in [6, 6.07) is 5.52. The van der Waals surface area contributed by atoms with Crippen LogP contribution in [0.3, 0.4) is 0 Å². The third-order valence-electron chi connectivity index (χ3n) is 4.27. The highest BCUT2D eigenvalue weighted by Crippen LogP contribution is 2.19. The quantitative estimate of drug-likeness (QED) is 0.657. The molecule has 0 bridgehead atoms. The average Bonchev–Trinajstić information content (AvgIpc) is 3.10. The molecule has 0 saturated heterocycles. The molecular weight excluding hydrogens is 405 g/mol. The number of nitrogens with zero attached hydrogens (tertiary/aromatic N) is 2. The Morgan fingerprint density at radius 3 is 2.68 bits per heavy atom. The minimum absolute atomic E-state index is 0.0304. The molecule has 28 heavy (non-hydrogen) atoms. The van der Waals surface area contributed by atoms with Crippen molar-refractivity contribution < 1.29 is 9.18 Å². The molecule has 2 aromatic heterocycles. The van der Waals surface area contributed by atoms with Crippen LogP contribution in [0.4, 0.5) is 10.1 Å². The summed E-state index contributed by atoms with van der Waals surface area (Å²) in [6.07, 6.45) is 0.661. The van der Waals surface area contributed by atoms with Crippen LogP contribution in [0, 0.1) is 11.7 Å². The molecule has 0 radical (unpaired) electrons. The summed E-state index contributed by atoms with van der Waals surface area (Å²) in [7, 11) is 0. The zero-order valence-corrected chi connectivity index (χ0v) is 16.9. The second kappa shape index (κ2) is 8.28. The van der Waals surface area contributed by atoms with Gasteiger partial charge in [-0.05, 0) is 42.0 Å². The van der Waals surface area contributed by atoms with Crippen LogP contribution < -0.4 is 16.6 Å². The monoisotopic (exact) mass is 423 g/mol. The van der Waals surface area contributed by atoms with E-state index in [2.05, 4.69) is 5.32 Å². The van der Waals surface area contributed by atoms with Crippen LogP contribution in [0.25, 0.3) is 10.2 Å². The third kappa shape index (κ3) is 4.18. The predicted octanol–water partition coefficient (Wildman–Crippen LogP) is 3.70. The van der Waals surface area contributed by atoms with E-state index in [1.54, 1.807) is 11.4 Å². The smallest absolute Gasteiger partial charge is 0.322 e. The van der Waals surface area contributed by atoms with E-state index in [4.69, 9.17) is 11.6 Å². The molecule has 2 heterocycles. The molecule has 9 heteroatoms. The molecule has 148 valence electrons. The molecule has 0 atom stereocenters. The van der Waals surface area contributed by atoms with Gasteiger partial charge in [-0.1, -0.05) is 25.4 Å². The number of thiophene rings is 1. The number of amides is 1.